The topological polar surface area (TPSA) is 88.2 Å². The van der Waals surface area contributed by atoms with Gasteiger partial charge in [-0.3, -0.25) is 10.1 Å². The predicted octanol–water partition coefficient (Wildman–Crippen LogP) is 1.60. The van der Waals surface area contributed by atoms with Gasteiger partial charge in [0.1, 0.15) is 23.5 Å². The summed E-state index contributed by atoms with van der Waals surface area (Å²) >= 11 is 0. The second-order valence-electron chi connectivity index (χ2n) is 4.13. The molecular weight excluding hydrogens is 234 g/mol. The van der Waals surface area contributed by atoms with Crippen molar-refractivity contribution in [3.63, 3.8) is 0 Å². The Kier molecular flexibility index (Phi) is 3.75. The lowest BCUT2D eigenvalue weighted by atomic mass is 10.1. The highest BCUT2D eigenvalue weighted by Crippen LogP contribution is 2.25. The van der Waals surface area contributed by atoms with Gasteiger partial charge in [0.05, 0.1) is 11.0 Å². The summed E-state index contributed by atoms with van der Waals surface area (Å²) in [6.45, 7) is 1.72. The molecule has 1 unspecified atom stereocenters. The summed E-state index contributed by atoms with van der Waals surface area (Å²) < 4.78 is 5.67. The SMILES string of the molecule is N#Cc1ccc(OC2CCCNC2)cc1[N+](=O)[O-]. The molecule has 0 radical (unpaired) electrons. The lowest BCUT2D eigenvalue weighted by Gasteiger charge is -2.23. The van der Waals surface area contributed by atoms with Gasteiger partial charge in [0, 0.05) is 6.54 Å². The van der Waals surface area contributed by atoms with Crippen LogP contribution in [0.1, 0.15) is 18.4 Å². The summed E-state index contributed by atoms with van der Waals surface area (Å²) in [5.74, 6) is 0.439. The first-order valence-electron chi connectivity index (χ1n) is 5.76. The molecule has 1 aliphatic rings. The summed E-state index contributed by atoms with van der Waals surface area (Å²) in [4.78, 5) is 10.2. The molecule has 1 aromatic rings. The minimum atomic E-state index is -0.565. The van der Waals surface area contributed by atoms with E-state index < -0.39 is 4.92 Å². The fraction of sp³-hybridized carbons (Fsp3) is 0.417. The molecule has 1 N–H and O–H groups in total. The molecule has 0 spiro atoms. The average molecular weight is 247 g/mol. The first-order valence-corrected chi connectivity index (χ1v) is 5.76. The van der Waals surface area contributed by atoms with E-state index in [0.29, 0.717) is 5.75 Å². The van der Waals surface area contributed by atoms with Crippen molar-refractivity contribution in [3.8, 4) is 11.8 Å². The van der Waals surface area contributed by atoms with Crippen molar-refractivity contribution in [2.24, 2.45) is 0 Å². The lowest BCUT2D eigenvalue weighted by Crippen LogP contribution is -2.37. The van der Waals surface area contributed by atoms with Crippen LogP contribution in [0.15, 0.2) is 18.2 Å². The minimum Gasteiger partial charge on any atom is -0.489 e. The first kappa shape index (κ1) is 12.3. The molecule has 0 bridgehead atoms. The van der Waals surface area contributed by atoms with Crippen LogP contribution in [0.2, 0.25) is 0 Å². The van der Waals surface area contributed by atoms with Crippen molar-refractivity contribution in [2.75, 3.05) is 13.1 Å². The highest BCUT2D eigenvalue weighted by atomic mass is 16.6. The molecule has 0 aliphatic carbocycles. The van der Waals surface area contributed by atoms with Gasteiger partial charge in [0.2, 0.25) is 0 Å². The van der Waals surface area contributed by atoms with Gasteiger partial charge in [-0.2, -0.15) is 5.26 Å². The Morgan fingerprint density at radius 3 is 3.00 bits per heavy atom. The number of nitrogens with one attached hydrogen (secondary N) is 1. The fourth-order valence-corrected chi connectivity index (χ4v) is 1.94. The van der Waals surface area contributed by atoms with Gasteiger partial charge < -0.3 is 10.1 Å². The van der Waals surface area contributed by atoms with Crippen LogP contribution in [0.25, 0.3) is 0 Å². The van der Waals surface area contributed by atoms with Crippen molar-refractivity contribution < 1.29 is 9.66 Å². The Balaban J connectivity index is 2.16. The van der Waals surface area contributed by atoms with Crippen molar-refractivity contribution in [3.05, 3.63) is 33.9 Å². The molecule has 18 heavy (non-hydrogen) atoms. The number of rotatable bonds is 3. The summed E-state index contributed by atoms with van der Waals surface area (Å²) in [5, 5.41) is 22.8. The summed E-state index contributed by atoms with van der Waals surface area (Å²) in [6, 6.07) is 6.13. The summed E-state index contributed by atoms with van der Waals surface area (Å²) in [5.41, 5.74) is -0.159. The molecule has 1 aromatic carbocycles. The van der Waals surface area contributed by atoms with Gasteiger partial charge in [-0.15, -0.1) is 0 Å². The van der Waals surface area contributed by atoms with Crippen molar-refractivity contribution >= 4 is 5.69 Å². The second kappa shape index (κ2) is 5.47. The third-order valence-electron chi connectivity index (χ3n) is 2.84. The first-order chi connectivity index (χ1) is 8.70. The number of nitro benzene ring substituents is 1. The van der Waals surface area contributed by atoms with Crippen LogP contribution in [-0.2, 0) is 0 Å². The molecule has 0 saturated carbocycles. The molecule has 1 saturated heterocycles. The van der Waals surface area contributed by atoms with Gasteiger partial charge in [0.15, 0.2) is 0 Å². The zero-order valence-corrected chi connectivity index (χ0v) is 9.76. The minimum absolute atomic E-state index is 0.0336. The van der Waals surface area contributed by atoms with Gasteiger partial charge in [0.25, 0.3) is 5.69 Å². The Morgan fingerprint density at radius 1 is 1.56 bits per heavy atom. The van der Waals surface area contributed by atoms with Crippen LogP contribution in [-0.4, -0.2) is 24.1 Å². The van der Waals surface area contributed by atoms with E-state index in [-0.39, 0.29) is 17.4 Å². The highest BCUT2D eigenvalue weighted by molar-refractivity contribution is 5.52. The fourth-order valence-electron chi connectivity index (χ4n) is 1.94. The van der Waals surface area contributed by atoms with Gasteiger partial charge in [-0.1, -0.05) is 0 Å². The van der Waals surface area contributed by atoms with E-state index in [1.165, 1.54) is 12.1 Å². The van der Waals surface area contributed by atoms with Crippen LogP contribution in [0, 0.1) is 21.4 Å². The molecule has 6 heteroatoms. The second-order valence-corrected chi connectivity index (χ2v) is 4.13. The van der Waals surface area contributed by atoms with Crippen LogP contribution >= 0.6 is 0 Å². The number of benzene rings is 1. The molecule has 2 rings (SSSR count). The molecule has 0 amide bonds. The number of ether oxygens (including phenoxy) is 1. The number of nitrogens with zero attached hydrogens (tertiary/aromatic N) is 2. The number of nitro groups is 1. The molecule has 1 fully saturated rings. The van der Waals surface area contributed by atoms with Gasteiger partial charge >= 0.3 is 0 Å². The van der Waals surface area contributed by atoms with E-state index in [9.17, 15) is 10.1 Å². The Morgan fingerprint density at radius 2 is 2.39 bits per heavy atom. The van der Waals surface area contributed by atoms with E-state index in [0.717, 1.165) is 25.9 Å². The van der Waals surface area contributed by atoms with E-state index >= 15 is 0 Å². The quantitative estimate of drug-likeness (QED) is 0.647. The normalized spacial score (nSPS) is 18.9. The molecule has 1 aliphatic heterocycles. The maximum Gasteiger partial charge on any atom is 0.290 e. The predicted molar refractivity (Wildman–Crippen MR) is 64.3 cm³/mol. The zero-order valence-electron chi connectivity index (χ0n) is 9.76. The molecule has 94 valence electrons. The van der Waals surface area contributed by atoms with E-state index in [2.05, 4.69) is 5.32 Å². The van der Waals surface area contributed by atoms with Crippen LogP contribution < -0.4 is 10.1 Å². The van der Waals surface area contributed by atoms with Crippen LogP contribution in [0.4, 0.5) is 5.69 Å². The Hall–Kier alpha value is -2.13. The standard InChI is InChI=1S/C12H13N3O3/c13-7-9-3-4-10(6-12(9)15(16)17)18-11-2-1-5-14-8-11/h3-4,6,11,14H,1-2,5,8H2. The van der Waals surface area contributed by atoms with Gasteiger partial charge in [-0.25, -0.2) is 0 Å². The maximum absolute atomic E-state index is 10.8. The van der Waals surface area contributed by atoms with Gasteiger partial charge in [-0.05, 0) is 31.5 Å². The maximum atomic E-state index is 10.8. The monoisotopic (exact) mass is 247 g/mol. The smallest absolute Gasteiger partial charge is 0.290 e. The van der Waals surface area contributed by atoms with E-state index in [1.807, 2.05) is 0 Å². The largest absolute Gasteiger partial charge is 0.489 e. The van der Waals surface area contributed by atoms with E-state index in [4.69, 9.17) is 10.00 Å². The zero-order chi connectivity index (χ0) is 13.0. The number of nitriles is 1. The lowest BCUT2D eigenvalue weighted by molar-refractivity contribution is -0.385. The average Bonchev–Trinajstić information content (AvgIpc) is 2.40. The summed E-state index contributed by atoms with van der Waals surface area (Å²) in [7, 11) is 0. The number of hydrogen-bond acceptors (Lipinski definition) is 5. The van der Waals surface area contributed by atoms with E-state index in [1.54, 1.807) is 12.1 Å². The number of hydrogen-bond donors (Lipinski definition) is 1. The third-order valence-corrected chi connectivity index (χ3v) is 2.84. The molecule has 1 atom stereocenters. The van der Waals surface area contributed by atoms with Crippen molar-refractivity contribution in [1.29, 1.82) is 5.26 Å². The van der Waals surface area contributed by atoms with Crippen molar-refractivity contribution in [1.82, 2.24) is 5.32 Å². The van der Waals surface area contributed by atoms with Crippen molar-refractivity contribution in [2.45, 2.75) is 18.9 Å². The summed E-state index contributed by atoms with van der Waals surface area (Å²) in [6.07, 6.45) is 2.00. The van der Waals surface area contributed by atoms with Crippen LogP contribution in [0.5, 0.6) is 5.75 Å². The molecule has 0 aromatic heterocycles. The van der Waals surface area contributed by atoms with Crippen LogP contribution in [0.3, 0.4) is 0 Å². The highest BCUT2D eigenvalue weighted by Gasteiger charge is 2.18. The molecular formula is C12H13N3O3. The number of piperidine rings is 1. The third kappa shape index (κ3) is 2.76. The Bertz CT molecular complexity index is 490. The Labute approximate surface area is 104 Å². The molecule has 1 heterocycles. The molecule has 6 nitrogen and oxygen atoms in total.